The summed E-state index contributed by atoms with van der Waals surface area (Å²) in [4.78, 5) is 41.2. The van der Waals surface area contributed by atoms with Crippen LogP contribution in [0, 0.1) is 0 Å². The Morgan fingerprint density at radius 2 is 1.89 bits per heavy atom. The molecule has 4 aliphatic heterocycles. The fourth-order valence-corrected chi connectivity index (χ4v) is 5.36. The number of amides is 3. The molecule has 1 aromatic rings. The summed E-state index contributed by atoms with van der Waals surface area (Å²) in [6.45, 7) is 3.31. The number of hydrogen-bond donors (Lipinski definition) is 2. The van der Waals surface area contributed by atoms with Crippen molar-refractivity contribution >= 4 is 17.7 Å². The lowest BCUT2D eigenvalue weighted by atomic mass is 10.0. The quantitative estimate of drug-likeness (QED) is 0.755. The molecule has 7 nitrogen and oxygen atoms in total. The van der Waals surface area contributed by atoms with Crippen LogP contribution < -0.4 is 10.6 Å². The topological polar surface area (TPSA) is 81.8 Å². The van der Waals surface area contributed by atoms with Crippen LogP contribution in [0.4, 0.5) is 0 Å². The molecule has 1 aromatic carbocycles. The number of piperidine rings is 1. The fourth-order valence-electron chi connectivity index (χ4n) is 5.36. The molecule has 0 aliphatic carbocycles. The Bertz CT molecular complexity index is 825. The largest absolute Gasteiger partial charge is 0.322 e. The number of hydrogen-bond acceptors (Lipinski definition) is 5. The molecule has 148 valence electrons. The average Bonchev–Trinajstić information content (AvgIpc) is 3.11. The minimum absolute atomic E-state index is 0.0691. The smallest absolute Gasteiger partial charge is 0.255 e. The highest BCUT2D eigenvalue weighted by molar-refractivity contribution is 6.05. The van der Waals surface area contributed by atoms with E-state index in [0.717, 1.165) is 42.7 Å². The van der Waals surface area contributed by atoms with Crippen LogP contribution in [0.15, 0.2) is 18.2 Å². The molecule has 7 heteroatoms. The number of rotatable bonds is 3. The first-order chi connectivity index (χ1) is 13.6. The van der Waals surface area contributed by atoms with Crippen LogP contribution >= 0.6 is 0 Å². The molecule has 5 rings (SSSR count). The van der Waals surface area contributed by atoms with Crippen LogP contribution in [0.2, 0.25) is 0 Å². The number of fused-ring (bicyclic) bond motifs is 3. The molecule has 0 saturated carbocycles. The number of carbonyl (C=O) groups excluding carboxylic acids is 3. The summed E-state index contributed by atoms with van der Waals surface area (Å²) in [5.41, 5.74) is 2.83. The van der Waals surface area contributed by atoms with Gasteiger partial charge in [-0.05, 0) is 43.4 Å². The van der Waals surface area contributed by atoms with Gasteiger partial charge in [0, 0.05) is 43.7 Å². The zero-order valence-corrected chi connectivity index (χ0v) is 15.9. The predicted octanol–water partition coefficient (Wildman–Crippen LogP) is 0.774. The molecule has 3 atom stereocenters. The summed E-state index contributed by atoms with van der Waals surface area (Å²) in [7, 11) is 0. The Morgan fingerprint density at radius 1 is 1.04 bits per heavy atom. The third-order valence-electron chi connectivity index (χ3n) is 6.80. The maximum atomic E-state index is 13.3. The van der Waals surface area contributed by atoms with Crippen LogP contribution in [-0.4, -0.2) is 58.7 Å². The van der Waals surface area contributed by atoms with Gasteiger partial charge in [0.05, 0.1) is 0 Å². The van der Waals surface area contributed by atoms with Crippen molar-refractivity contribution in [2.45, 2.75) is 63.3 Å². The van der Waals surface area contributed by atoms with E-state index >= 15 is 0 Å². The van der Waals surface area contributed by atoms with Gasteiger partial charge in [0.25, 0.3) is 5.91 Å². The third kappa shape index (κ3) is 2.93. The normalized spacial score (nSPS) is 30.4. The van der Waals surface area contributed by atoms with Crippen LogP contribution in [-0.2, 0) is 22.7 Å². The number of nitrogens with zero attached hydrogens (tertiary/aromatic N) is 2. The van der Waals surface area contributed by atoms with E-state index in [-0.39, 0.29) is 24.1 Å². The maximum absolute atomic E-state index is 13.3. The van der Waals surface area contributed by atoms with Crippen molar-refractivity contribution in [3.63, 3.8) is 0 Å². The van der Waals surface area contributed by atoms with Gasteiger partial charge in [-0.3, -0.25) is 24.6 Å². The van der Waals surface area contributed by atoms with Crippen LogP contribution in [0.25, 0.3) is 0 Å². The highest BCUT2D eigenvalue weighted by Crippen LogP contribution is 2.34. The molecule has 3 amide bonds. The molecule has 2 bridgehead atoms. The van der Waals surface area contributed by atoms with Gasteiger partial charge in [-0.25, -0.2) is 0 Å². The van der Waals surface area contributed by atoms with E-state index in [1.54, 1.807) is 4.90 Å². The first-order valence-corrected chi connectivity index (χ1v) is 10.3. The third-order valence-corrected chi connectivity index (χ3v) is 6.80. The lowest BCUT2D eigenvalue weighted by Crippen LogP contribution is -2.52. The first-order valence-electron chi connectivity index (χ1n) is 10.3. The molecular formula is C21H26N4O3. The molecule has 0 aromatic heterocycles. The van der Waals surface area contributed by atoms with E-state index < -0.39 is 6.04 Å². The molecule has 28 heavy (non-hydrogen) atoms. The minimum Gasteiger partial charge on any atom is -0.322 e. The fraction of sp³-hybridized carbons (Fsp3) is 0.571. The van der Waals surface area contributed by atoms with Gasteiger partial charge in [-0.15, -0.1) is 0 Å². The second kappa shape index (κ2) is 6.97. The predicted molar refractivity (Wildman–Crippen MR) is 102 cm³/mol. The Hall–Kier alpha value is -2.25. The molecule has 4 aliphatic rings. The highest BCUT2D eigenvalue weighted by Gasteiger charge is 2.41. The summed E-state index contributed by atoms with van der Waals surface area (Å²) in [5.74, 6) is -0.674. The van der Waals surface area contributed by atoms with Crippen LogP contribution in [0.5, 0.6) is 0 Å². The van der Waals surface area contributed by atoms with E-state index in [9.17, 15) is 14.4 Å². The van der Waals surface area contributed by atoms with Crippen molar-refractivity contribution in [3.05, 3.63) is 34.9 Å². The van der Waals surface area contributed by atoms with E-state index in [2.05, 4.69) is 21.6 Å². The average molecular weight is 382 g/mol. The molecule has 3 unspecified atom stereocenters. The van der Waals surface area contributed by atoms with Gasteiger partial charge in [0.1, 0.15) is 6.04 Å². The number of imide groups is 1. The zero-order chi connectivity index (χ0) is 19.3. The SMILES string of the molecule is O=C1CCC(N2Cc3cccc(CN4C5CCNCC4CC5)c3C2=O)C(=O)N1. The summed E-state index contributed by atoms with van der Waals surface area (Å²) < 4.78 is 0. The first kappa shape index (κ1) is 17.8. The standard InChI is InChI=1S/C21H26N4O3/c26-18-7-6-17(20(27)23-18)25-12-14-3-1-2-13(19(14)21(25)28)11-24-15-4-5-16(24)10-22-9-8-15/h1-3,15-17,22H,4-12H2,(H,23,26,27). The summed E-state index contributed by atoms with van der Waals surface area (Å²) in [6.07, 6.45) is 4.29. The van der Waals surface area contributed by atoms with E-state index in [4.69, 9.17) is 0 Å². The molecule has 0 spiro atoms. The lowest BCUT2D eigenvalue weighted by molar-refractivity contribution is -0.136. The second-order valence-corrected chi connectivity index (χ2v) is 8.40. The molecular weight excluding hydrogens is 356 g/mol. The van der Waals surface area contributed by atoms with E-state index in [1.807, 2.05) is 12.1 Å². The van der Waals surface area contributed by atoms with E-state index in [0.29, 0.717) is 25.0 Å². The summed E-state index contributed by atoms with van der Waals surface area (Å²) in [6, 6.07) is 6.63. The zero-order valence-electron chi connectivity index (χ0n) is 15.9. The Labute approximate surface area is 164 Å². The van der Waals surface area contributed by atoms with Gasteiger partial charge < -0.3 is 10.2 Å². The second-order valence-electron chi connectivity index (χ2n) is 8.40. The lowest BCUT2D eigenvalue weighted by Gasteiger charge is -2.30. The minimum atomic E-state index is -0.552. The summed E-state index contributed by atoms with van der Waals surface area (Å²) >= 11 is 0. The van der Waals surface area contributed by atoms with E-state index in [1.165, 1.54) is 12.8 Å². The van der Waals surface area contributed by atoms with Crippen LogP contribution in [0.3, 0.4) is 0 Å². The van der Waals surface area contributed by atoms with Gasteiger partial charge >= 0.3 is 0 Å². The van der Waals surface area contributed by atoms with Crippen molar-refractivity contribution < 1.29 is 14.4 Å². The van der Waals surface area contributed by atoms with Crippen molar-refractivity contribution in [1.29, 1.82) is 0 Å². The Kier molecular flexibility index (Phi) is 4.44. The van der Waals surface area contributed by atoms with Crippen molar-refractivity contribution in [1.82, 2.24) is 20.4 Å². The Morgan fingerprint density at radius 3 is 2.75 bits per heavy atom. The molecule has 2 N–H and O–H groups in total. The highest BCUT2D eigenvalue weighted by atomic mass is 16.2. The van der Waals surface area contributed by atoms with Crippen molar-refractivity contribution in [2.24, 2.45) is 0 Å². The maximum Gasteiger partial charge on any atom is 0.255 e. The molecule has 4 heterocycles. The monoisotopic (exact) mass is 382 g/mol. The Balaban J connectivity index is 1.40. The van der Waals surface area contributed by atoms with Gasteiger partial charge in [-0.2, -0.15) is 0 Å². The summed E-state index contributed by atoms with van der Waals surface area (Å²) in [5, 5.41) is 5.90. The number of carbonyl (C=O) groups is 3. The van der Waals surface area contributed by atoms with Gasteiger partial charge in [-0.1, -0.05) is 18.2 Å². The molecule has 3 fully saturated rings. The molecule has 3 saturated heterocycles. The van der Waals surface area contributed by atoms with Gasteiger partial charge in [0.15, 0.2) is 0 Å². The van der Waals surface area contributed by atoms with Crippen LogP contribution in [0.1, 0.15) is 53.6 Å². The number of benzene rings is 1. The van der Waals surface area contributed by atoms with Gasteiger partial charge in [0.2, 0.25) is 11.8 Å². The number of nitrogens with one attached hydrogen (secondary N) is 2. The van der Waals surface area contributed by atoms with Crippen molar-refractivity contribution in [2.75, 3.05) is 13.1 Å². The van der Waals surface area contributed by atoms with Crippen molar-refractivity contribution in [3.8, 4) is 0 Å². The molecule has 0 radical (unpaired) electrons.